The average Bonchev–Trinajstić information content (AvgIpc) is 2.51. The summed E-state index contributed by atoms with van der Waals surface area (Å²) in [7, 11) is 0. The Hall–Kier alpha value is -1.37. The number of carbonyl (C=O) groups is 1. The van der Waals surface area contributed by atoms with Crippen molar-refractivity contribution in [2.24, 2.45) is 5.92 Å². The number of hydrogen-bond acceptors (Lipinski definition) is 4. The van der Waals surface area contributed by atoms with Gasteiger partial charge in [-0.05, 0) is 50.4 Å². The van der Waals surface area contributed by atoms with Gasteiger partial charge in [0.15, 0.2) is 0 Å². The van der Waals surface area contributed by atoms with E-state index in [1.807, 2.05) is 6.92 Å². The molecule has 6 nitrogen and oxygen atoms in total. The molecule has 1 atom stereocenters. The molecule has 3 N–H and O–H groups in total. The Morgan fingerprint density at radius 1 is 1.52 bits per heavy atom. The quantitative estimate of drug-likeness (QED) is 0.718. The highest BCUT2D eigenvalue weighted by atomic mass is 35.5. The van der Waals surface area contributed by atoms with Crippen molar-refractivity contribution in [3.05, 3.63) is 23.0 Å². The highest BCUT2D eigenvalue weighted by Crippen LogP contribution is 2.16. The van der Waals surface area contributed by atoms with Gasteiger partial charge in [0.05, 0.1) is 18.0 Å². The molecule has 2 amide bonds. The average molecular weight is 341 g/mol. The number of nitrogens with one attached hydrogen (secondary N) is 2. The molecule has 0 aromatic carbocycles. The summed E-state index contributed by atoms with van der Waals surface area (Å²) in [5, 5.41) is 15.8. The number of amides is 2. The number of pyridine rings is 1. The van der Waals surface area contributed by atoms with Crippen LogP contribution in [0.3, 0.4) is 0 Å². The Balaban J connectivity index is 1.70. The molecule has 128 valence electrons. The number of aromatic nitrogens is 1. The second-order valence-corrected chi connectivity index (χ2v) is 6.66. The van der Waals surface area contributed by atoms with Gasteiger partial charge in [0.1, 0.15) is 5.15 Å². The minimum Gasteiger partial charge on any atom is -0.390 e. The molecule has 23 heavy (non-hydrogen) atoms. The number of piperidine rings is 1. The van der Waals surface area contributed by atoms with Crippen LogP contribution < -0.4 is 10.6 Å². The van der Waals surface area contributed by atoms with Crippen molar-refractivity contribution in [1.82, 2.24) is 15.2 Å². The van der Waals surface area contributed by atoms with Gasteiger partial charge in [0.25, 0.3) is 0 Å². The van der Waals surface area contributed by atoms with Gasteiger partial charge in [0, 0.05) is 13.1 Å². The number of rotatable bonds is 5. The number of hydrogen-bond donors (Lipinski definition) is 3. The first kappa shape index (κ1) is 18.0. The molecule has 0 aliphatic carbocycles. The normalized spacial score (nSPS) is 17.7. The van der Waals surface area contributed by atoms with Crippen LogP contribution >= 0.6 is 11.6 Å². The zero-order chi connectivity index (χ0) is 16.8. The van der Waals surface area contributed by atoms with Crippen molar-refractivity contribution in [2.75, 3.05) is 31.5 Å². The Kier molecular flexibility index (Phi) is 6.62. The maximum absolute atomic E-state index is 11.8. The lowest BCUT2D eigenvalue weighted by atomic mass is 9.99. The van der Waals surface area contributed by atoms with E-state index in [1.54, 1.807) is 6.07 Å². The third-order valence-electron chi connectivity index (χ3n) is 4.12. The standard InChI is InChI=1S/C16H25ClN4O2/c1-11-3-5-21(6-4-11)10-14(22)9-19-16(23)20-13-7-12(2)15(17)18-8-13/h7-8,11,14,22H,3-6,9-10H2,1-2H3,(H2,19,20,23). The van der Waals surface area contributed by atoms with E-state index in [2.05, 4.69) is 27.4 Å². The van der Waals surface area contributed by atoms with Crippen LogP contribution in [0.25, 0.3) is 0 Å². The van der Waals surface area contributed by atoms with Gasteiger partial charge in [-0.25, -0.2) is 9.78 Å². The summed E-state index contributed by atoms with van der Waals surface area (Å²) < 4.78 is 0. The summed E-state index contributed by atoms with van der Waals surface area (Å²) in [6.45, 7) is 6.92. The van der Waals surface area contributed by atoms with Gasteiger partial charge in [-0.1, -0.05) is 18.5 Å². The number of anilines is 1. The molecule has 1 aromatic heterocycles. The van der Waals surface area contributed by atoms with Crippen LogP contribution in [0.15, 0.2) is 12.3 Å². The largest absolute Gasteiger partial charge is 0.390 e. The van der Waals surface area contributed by atoms with E-state index in [4.69, 9.17) is 11.6 Å². The molecule has 1 unspecified atom stereocenters. The highest BCUT2D eigenvalue weighted by Gasteiger charge is 2.18. The predicted molar refractivity (Wildman–Crippen MR) is 91.9 cm³/mol. The van der Waals surface area contributed by atoms with Crippen molar-refractivity contribution in [3.63, 3.8) is 0 Å². The first-order valence-electron chi connectivity index (χ1n) is 8.01. The van der Waals surface area contributed by atoms with Crippen molar-refractivity contribution in [2.45, 2.75) is 32.8 Å². The number of aliphatic hydroxyl groups is 1. The molecule has 2 heterocycles. The summed E-state index contributed by atoms with van der Waals surface area (Å²) in [6.07, 6.45) is 3.27. The van der Waals surface area contributed by atoms with Crippen LogP contribution in [0, 0.1) is 12.8 Å². The summed E-state index contributed by atoms with van der Waals surface area (Å²) in [4.78, 5) is 18.1. The molecule has 2 rings (SSSR count). The Morgan fingerprint density at radius 2 is 2.22 bits per heavy atom. The minimum absolute atomic E-state index is 0.220. The molecule has 0 spiro atoms. The molecule has 1 aliphatic rings. The van der Waals surface area contributed by atoms with Crippen molar-refractivity contribution >= 4 is 23.3 Å². The maximum Gasteiger partial charge on any atom is 0.319 e. The lowest BCUT2D eigenvalue weighted by molar-refractivity contribution is 0.0924. The van der Waals surface area contributed by atoms with Gasteiger partial charge >= 0.3 is 6.03 Å². The smallest absolute Gasteiger partial charge is 0.319 e. The molecule has 1 fully saturated rings. The zero-order valence-corrected chi connectivity index (χ0v) is 14.4. The zero-order valence-electron chi connectivity index (χ0n) is 13.7. The number of urea groups is 1. The van der Waals surface area contributed by atoms with E-state index < -0.39 is 6.10 Å². The lowest BCUT2D eigenvalue weighted by Gasteiger charge is -2.31. The molecule has 1 saturated heterocycles. The first-order chi connectivity index (χ1) is 10.9. The van der Waals surface area contributed by atoms with Crippen LogP contribution in [0.2, 0.25) is 5.15 Å². The molecular weight excluding hydrogens is 316 g/mol. The summed E-state index contributed by atoms with van der Waals surface area (Å²) in [5.41, 5.74) is 1.37. The topological polar surface area (TPSA) is 77.5 Å². The number of aryl methyl sites for hydroxylation is 1. The number of likely N-dealkylation sites (tertiary alicyclic amines) is 1. The summed E-state index contributed by atoms with van der Waals surface area (Å²) >= 11 is 5.84. The Labute approximate surface area is 142 Å². The third kappa shape index (κ3) is 5.97. The van der Waals surface area contributed by atoms with Gasteiger partial charge in [-0.2, -0.15) is 0 Å². The minimum atomic E-state index is -0.570. The molecule has 0 saturated carbocycles. The predicted octanol–water partition coefficient (Wildman–Crippen LogP) is 2.26. The van der Waals surface area contributed by atoms with Crippen LogP contribution in [-0.4, -0.2) is 53.3 Å². The van der Waals surface area contributed by atoms with Crippen molar-refractivity contribution < 1.29 is 9.90 Å². The van der Waals surface area contributed by atoms with Crippen molar-refractivity contribution in [1.29, 1.82) is 0 Å². The van der Waals surface area contributed by atoms with E-state index >= 15 is 0 Å². The number of halogens is 1. The van der Waals surface area contributed by atoms with Crippen LogP contribution in [0.1, 0.15) is 25.3 Å². The van der Waals surface area contributed by atoms with E-state index in [9.17, 15) is 9.90 Å². The maximum atomic E-state index is 11.8. The van der Waals surface area contributed by atoms with Gasteiger partial charge in [0.2, 0.25) is 0 Å². The highest BCUT2D eigenvalue weighted by molar-refractivity contribution is 6.30. The molecule has 7 heteroatoms. The number of β-amino-alcohol motifs (C(OH)–C–C–N with tert-alkyl or cyclic N) is 1. The van der Waals surface area contributed by atoms with E-state index in [1.165, 1.54) is 19.0 Å². The van der Waals surface area contributed by atoms with Crippen LogP contribution in [-0.2, 0) is 0 Å². The molecule has 0 bridgehead atoms. The number of aliphatic hydroxyl groups excluding tert-OH is 1. The fourth-order valence-corrected chi connectivity index (χ4v) is 2.72. The van der Waals surface area contributed by atoms with Crippen LogP contribution in [0.4, 0.5) is 10.5 Å². The molecule has 0 radical (unpaired) electrons. The fraction of sp³-hybridized carbons (Fsp3) is 0.625. The molecule has 1 aliphatic heterocycles. The molecule has 1 aromatic rings. The van der Waals surface area contributed by atoms with E-state index in [-0.39, 0.29) is 12.6 Å². The van der Waals surface area contributed by atoms with Gasteiger partial charge < -0.3 is 20.6 Å². The summed E-state index contributed by atoms with van der Waals surface area (Å²) in [6, 6.07) is 1.39. The molecular formula is C16H25ClN4O2. The fourth-order valence-electron chi connectivity index (χ4n) is 2.62. The lowest BCUT2D eigenvalue weighted by Crippen LogP contribution is -2.43. The second kappa shape index (κ2) is 8.47. The SMILES string of the molecule is Cc1cc(NC(=O)NCC(O)CN2CCC(C)CC2)cnc1Cl. The first-order valence-corrected chi connectivity index (χ1v) is 8.39. The van der Waals surface area contributed by atoms with Gasteiger partial charge in [-0.3, -0.25) is 0 Å². The third-order valence-corrected chi connectivity index (χ3v) is 4.51. The Bertz CT molecular complexity index is 533. The second-order valence-electron chi connectivity index (χ2n) is 6.30. The van der Waals surface area contributed by atoms with E-state index in [0.717, 1.165) is 24.6 Å². The van der Waals surface area contributed by atoms with E-state index in [0.29, 0.717) is 17.4 Å². The Morgan fingerprint density at radius 3 is 2.87 bits per heavy atom. The number of carbonyl (C=O) groups excluding carboxylic acids is 1. The van der Waals surface area contributed by atoms with Crippen molar-refractivity contribution in [3.8, 4) is 0 Å². The van der Waals surface area contributed by atoms with Crippen LogP contribution in [0.5, 0.6) is 0 Å². The monoisotopic (exact) mass is 340 g/mol. The number of nitrogens with zero attached hydrogens (tertiary/aromatic N) is 2. The summed E-state index contributed by atoms with van der Waals surface area (Å²) in [5.74, 6) is 0.767. The van der Waals surface area contributed by atoms with Gasteiger partial charge in [-0.15, -0.1) is 0 Å².